The zero-order valence-corrected chi connectivity index (χ0v) is 17.0. The quantitative estimate of drug-likeness (QED) is 0.472. The first-order chi connectivity index (χ1) is 12.6. The first-order valence-electron chi connectivity index (χ1n) is 9.68. The van der Waals surface area contributed by atoms with E-state index in [1.807, 2.05) is 36.4 Å². The molecule has 0 aromatic heterocycles. The Bertz CT molecular complexity index is 375. The van der Waals surface area contributed by atoms with E-state index in [0.717, 1.165) is 19.6 Å². The van der Waals surface area contributed by atoms with Crippen molar-refractivity contribution in [3.63, 3.8) is 0 Å². The van der Waals surface area contributed by atoms with Crippen molar-refractivity contribution in [2.75, 3.05) is 26.7 Å². The molecule has 1 aliphatic carbocycles. The van der Waals surface area contributed by atoms with Crippen molar-refractivity contribution in [1.29, 1.82) is 0 Å². The van der Waals surface area contributed by atoms with Crippen LogP contribution in [0.25, 0.3) is 0 Å². The number of nitrogens with one attached hydrogen (secondary N) is 2. The first kappa shape index (κ1) is 29.9. The number of carbonyl (C=O) groups is 1. The fraction of sp³-hybridized carbons (Fsp3) is 0.591. The summed E-state index contributed by atoms with van der Waals surface area (Å²) in [5.41, 5.74) is 10.6. The Morgan fingerprint density at radius 2 is 1.33 bits per heavy atom. The fourth-order valence-electron chi connectivity index (χ4n) is 2.00. The maximum absolute atomic E-state index is 10.4. The lowest BCUT2D eigenvalue weighted by Gasteiger charge is -2.05. The summed E-state index contributed by atoms with van der Waals surface area (Å²) in [6, 6.07) is 12.0. The Hall–Kier alpha value is -1.85. The van der Waals surface area contributed by atoms with Crippen LogP contribution in [0.15, 0.2) is 48.2 Å². The van der Waals surface area contributed by atoms with Gasteiger partial charge in [-0.15, -0.1) is 0 Å². The summed E-state index contributed by atoms with van der Waals surface area (Å²) in [7, 11) is 1.54. The zero-order valence-electron chi connectivity index (χ0n) is 17.0. The Kier molecular flexibility index (Phi) is 29.2. The summed E-state index contributed by atoms with van der Waals surface area (Å²) < 4.78 is 0. The van der Waals surface area contributed by atoms with Crippen LogP contribution in [0.2, 0.25) is 0 Å². The van der Waals surface area contributed by atoms with Gasteiger partial charge >= 0.3 is 0 Å². The number of benzene rings is 1. The third-order valence-corrected chi connectivity index (χ3v) is 3.54. The molecule has 0 aliphatic heterocycles. The summed E-state index contributed by atoms with van der Waals surface area (Å²) in [6.07, 6.45) is 10.6. The van der Waals surface area contributed by atoms with Crippen molar-refractivity contribution in [2.24, 2.45) is 11.5 Å². The van der Waals surface area contributed by atoms with Crippen LogP contribution in [0, 0.1) is 0 Å². The molecule has 1 fully saturated rings. The second-order valence-electron chi connectivity index (χ2n) is 5.74. The van der Waals surface area contributed by atoms with Crippen LogP contribution >= 0.6 is 0 Å². The van der Waals surface area contributed by atoms with Crippen LogP contribution in [-0.2, 0) is 4.79 Å². The molecule has 0 unspecified atom stereocenters. The van der Waals surface area contributed by atoms with Crippen LogP contribution in [0.4, 0.5) is 0 Å². The smallest absolute Gasteiger partial charge is 0.266 e. The monoisotopic (exact) mass is 380 g/mol. The molecule has 0 spiro atoms. The summed E-state index contributed by atoms with van der Waals surface area (Å²) in [4.78, 5) is 10.4. The largest absolute Gasteiger partial charge is 0.395 e. The minimum absolute atomic E-state index is 0. The Morgan fingerprint density at radius 1 is 0.963 bits per heavy atom. The van der Waals surface area contributed by atoms with Crippen molar-refractivity contribution >= 4 is 5.91 Å². The third kappa shape index (κ3) is 26.5. The van der Waals surface area contributed by atoms with E-state index in [-0.39, 0.29) is 19.0 Å². The number of hydrogen-bond donors (Lipinski definition) is 4. The second-order valence-corrected chi connectivity index (χ2v) is 5.74. The predicted molar refractivity (Wildman–Crippen MR) is 120 cm³/mol. The summed E-state index contributed by atoms with van der Waals surface area (Å²) in [5, 5.41) is 5.46. The second kappa shape index (κ2) is 26.4. The van der Waals surface area contributed by atoms with Gasteiger partial charge in [0.1, 0.15) is 0 Å². The third-order valence-electron chi connectivity index (χ3n) is 3.54. The molecule has 6 N–H and O–H groups in total. The minimum Gasteiger partial charge on any atom is -0.395 e. The SMILES string of the molecule is C.C/C=C(/N)C(=O)NC.C1CCCCC1.CCNCCN.c1ccccc1. The van der Waals surface area contributed by atoms with Gasteiger partial charge in [-0.1, -0.05) is 95.3 Å². The molecule has 0 bridgehead atoms. The van der Waals surface area contributed by atoms with Crippen molar-refractivity contribution in [3.05, 3.63) is 48.2 Å². The topological polar surface area (TPSA) is 93.2 Å². The summed E-state index contributed by atoms with van der Waals surface area (Å²) in [6.45, 7) is 6.49. The van der Waals surface area contributed by atoms with Crippen molar-refractivity contribution < 1.29 is 4.79 Å². The zero-order chi connectivity index (χ0) is 19.9. The molecule has 1 aromatic rings. The van der Waals surface area contributed by atoms with Gasteiger partial charge in [0.25, 0.3) is 5.91 Å². The molecule has 2 rings (SSSR count). The Morgan fingerprint density at radius 3 is 1.48 bits per heavy atom. The van der Waals surface area contributed by atoms with E-state index in [1.165, 1.54) is 38.5 Å². The van der Waals surface area contributed by atoms with E-state index in [9.17, 15) is 4.79 Å². The molecule has 0 atom stereocenters. The van der Waals surface area contributed by atoms with E-state index in [4.69, 9.17) is 11.5 Å². The highest BCUT2D eigenvalue weighted by molar-refractivity contribution is 5.91. The van der Waals surface area contributed by atoms with Gasteiger partial charge in [0.2, 0.25) is 0 Å². The van der Waals surface area contributed by atoms with Gasteiger partial charge in [0.05, 0.1) is 5.70 Å². The van der Waals surface area contributed by atoms with Crippen LogP contribution < -0.4 is 22.1 Å². The number of hydrogen-bond acceptors (Lipinski definition) is 4. The molecule has 1 amide bonds. The van der Waals surface area contributed by atoms with Gasteiger partial charge in [-0.2, -0.15) is 0 Å². The number of nitrogens with two attached hydrogens (primary N) is 2. The van der Waals surface area contributed by atoms with E-state index in [2.05, 4.69) is 17.6 Å². The number of amides is 1. The molecular weight excluding hydrogens is 336 g/mol. The van der Waals surface area contributed by atoms with E-state index < -0.39 is 0 Å². The molecule has 1 saturated carbocycles. The van der Waals surface area contributed by atoms with Gasteiger partial charge in [-0.3, -0.25) is 4.79 Å². The van der Waals surface area contributed by atoms with E-state index >= 15 is 0 Å². The van der Waals surface area contributed by atoms with Crippen molar-refractivity contribution in [2.45, 2.75) is 59.8 Å². The van der Waals surface area contributed by atoms with Crippen LogP contribution in [0.1, 0.15) is 59.8 Å². The lowest BCUT2D eigenvalue weighted by atomic mass is 10.0. The predicted octanol–water partition coefficient (Wildman–Crippen LogP) is 3.81. The van der Waals surface area contributed by atoms with Crippen LogP contribution in [-0.4, -0.2) is 32.6 Å². The molecule has 158 valence electrons. The molecule has 5 nitrogen and oxygen atoms in total. The molecule has 5 heteroatoms. The number of allylic oxidation sites excluding steroid dienone is 1. The number of rotatable bonds is 4. The average molecular weight is 381 g/mol. The molecule has 1 aromatic carbocycles. The van der Waals surface area contributed by atoms with Crippen LogP contribution in [0.5, 0.6) is 0 Å². The van der Waals surface area contributed by atoms with E-state index in [1.54, 1.807) is 20.0 Å². The standard InChI is InChI=1S/C6H12.C6H6.C5H10N2O.C4H12N2.CH4/c2*1-2-4-6-5-3-1;1-3-4(6)5(8)7-2;1-2-6-4-3-5;/h1-6H2;1-6H;3H,6H2,1-2H3,(H,7,8);6H,2-5H2,1H3;1H4/b;;4-3+;;. The highest BCUT2D eigenvalue weighted by Gasteiger charge is 1.96. The number of carbonyl (C=O) groups excluding carboxylic acids is 1. The molecule has 0 saturated heterocycles. The Labute approximate surface area is 168 Å². The van der Waals surface area contributed by atoms with Gasteiger partial charge in [0, 0.05) is 20.1 Å². The van der Waals surface area contributed by atoms with Gasteiger partial charge in [-0.25, -0.2) is 0 Å². The van der Waals surface area contributed by atoms with Crippen LogP contribution in [0.3, 0.4) is 0 Å². The summed E-state index contributed by atoms with van der Waals surface area (Å²) >= 11 is 0. The minimum atomic E-state index is -0.229. The molecule has 0 radical (unpaired) electrons. The van der Waals surface area contributed by atoms with E-state index in [0.29, 0.717) is 0 Å². The summed E-state index contributed by atoms with van der Waals surface area (Å²) in [5.74, 6) is -0.229. The Balaban J connectivity index is -0.000000283. The average Bonchev–Trinajstić information content (AvgIpc) is 2.75. The molecule has 0 heterocycles. The fourth-order valence-corrected chi connectivity index (χ4v) is 2.00. The lowest BCUT2D eigenvalue weighted by Crippen LogP contribution is -2.24. The van der Waals surface area contributed by atoms with Crippen molar-refractivity contribution in [3.8, 4) is 0 Å². The van der Waals surface area contributed by atoms with Gasteiger partial charge in [-0.05, 0) is 13.5 Å². The highest BCUT2D eigenvalue weighted by atomic mass is 16.1. The van der Waals surface area contributed by atoms with Gasteiger partial charge < -0.3 is 22.1 Å². The normalized spacial score (nSPS) is 12.4. The molecule has 27 heavy (non-hydrogen) atoms. The lowest BCUT2D eigenvalue weighted by molar-refractivity contribution is -0.117. The first-order valence-corrected chi connectivity index (χ1v) is 9.68. The molecule has 1 aliphatic rings. The van der Waals surface area contributed by atoms with Crippen molar-refractivity contribution in [1.82, 2.24) is 10.6 Å². The number of likely N-dealkylation sites (N-methyl/N-ethyl adjacent to an activating group) is 2. The van der Waals surface area contributed by atoms with Gasteiger partial charge in [0.15, 0.2) is 0 Å². The highest BCUT2D eigenvalue weighted by Crippen LogP contribution is 2.15. The molecular formula is C22H44N4O. The maximum atomic E-state index is 10.4. The maximum Gasteiger partial charge on any atom is 0.266 e.